The van der Waals surface area contributed by atoms with Crippen LogP contribution in [0.25, 0.3) is 5.69 Å². The van der Waals surface area contributed by atoms with Gasteiger partial charge in [0.25, 0.3) is 5.91 Å². The summed E-state index contributed by atoms with van der Waals surface area (Å²) in [6.07, 6.45) is -3.79. The van der Waals surface area contributed by atoms with E-state index in [1.807, 2.05) is 18.4 Å². The first kappa shape index (κ1) is 19.4. The third-order valence-corrected chi connectivity index (χ3v) is 5.29. The van der Waals surface area contributed by atoms with Crippen LogP contribution in [0.4, 0.5) is 13.2 Å². The van der Waals surface area contributed by atoms with Crippen molar-refractivity contribution in [3.05, 3.63) is 68.6 Å². The van der Waals surface area contributed by atoms with Crippen LogP contribution in [-0.4, -0.2) is 27.6 Å². The van der Waals surface area contributed by atoms with Gasteiger partial charge in [-0.3, -0.25) is 4.79 Å². The summed E-state index contributed by atoms with van der Waals surface area (Å²) >= 11 is 7.25. The van der Waals surface area contributed by atoms with Gasteiger partial charge in [0.05, 0.1) is 24.0 Å². The molecule has 0 atom stereocenters. The second-order valence-corrected chi connectivity index (χ2v) is 7.42. The second-order valence-electron chi connectivity index (χ2n) is 5.98. The highest BCUT2D eigenvalue weighted by atomic mass is 35.5. The molecule has 3 rings (SSSR count). The van der Waals surface area contributed by atoms with Gasteiger partial charge in [-0.15, -0.1) is 11.3 Å². The van der Waals surface area contributed by atoms with Gasteiger partial charge >= 0.3 is 6.18 Å². The van der Waals surface area contributed by atoms with Crippen LogP contribution in [-0.2, 0) is 12.7 Å². The zero-order chi connectivity index (χ0) is 19.8. The first-order chi connectivity index (χ1) is 12.7. The molecule has 3 aromatic rings. The summed E-state index contributed by atoms with van der Waals surface area (Å²) in [7, 11) is 1.47. The van der Waals surface area contributed by atoms with Crippen LogP contribution in [0.1, 0.15) is 26.5 Å². The molecular weight excluding hydrogens is 399 g/mol. The maximum atomic E-state index is 13.7. The van der Waals surface area contributed by atoms with Gasteiger partial charge in [0.15, 0.2) is 5.69 Å². The van der Waals surface area contributed by atoms with Crippen molar-refractivity contribution in [2.75, 3.05) is 7.05 Å². The Morgan fingerprint density at radius 3 is 2.48 bits per heavy atom. The average molecular weight is 414 g/mol. The van der Waals surface area contributed by atoms with Crippen molar-refractivity contribution in [1.29, 1.82) is 0 Å². The fourth-order valence-electron chi connectivity index (χ4n) is 2.61. The Balaban J connectivity index is 1.99. The van der Waals surface area contributed by atoms with Gasteiger partial charge in [0.2, 0.25) is 0 Å². The number of nitrogens with zero attached hydrogens (tertiary/aromatic N) is 3. The standard InChI is InChI=1S/C18H15ClF3N3OS/c1-11-7-8-27-15(11)10-24(2)17(26)14-9-23-25(16(14)18(20,21)22)13-5-3-12(19)4-6-13/h3-9H,10H2,1-2H3. The summed E-state index contributed by atoms with van der Waals surface area (Å²) < 4.78 is 41.9. The van der Waals surface area contributed by atoms with E-state index < -0.39 is 23.3 Å². The van der Waals surface area contributed by atoms with Gasteiger partial charge in [0.1, 0.15) is 0 Å². The average Bonchev–Trinajstić information content (AvgIpc) is 3.21. The smallest absolute Gasteiger partial charge is 0.336 e. The summed E-state index contributed by atoms with van der Waals surface area (Å²) in [5.41, 5.74) is -0.436. The van der Waals surface area contributed by atoms with Crippen molar-refractivity contribution < 1.29 is 18.0 Å². The number of aryl methyl sites for hydroxylation is 1. The minimum Gasteiger partial charge on any atom is -0.336 e. The molecule has 0 aliphatic carbocycles. The molecule has 0 saturated carbocycles. The highest BCUT2D eigenvalue weighted by molar-refractivity contribution is 7.10. The summed E-state index contributed by atoms with van der Waals surface area (Å²) in [4.78, 5) is 14.9. The molecule has 0 fully saturated rings. The normalized spacial score (nSPS) is 11.6. The van der Waals surface area contributed by atoms with Crippen molar-refractivity contribution in [1.82, 2.24) is 14.7 Å². The molecule has 27 heavy (non-hydrogen) atoms. The fourth-order valence-corrected chi connectivity index (χ4v) is 3.70. The van der Waals surface area contributed by atoms with E-state index in [4.69, 9.17) is 11.6 Å². The number of carbonyl (C=O) groups is 1. The number of hydrogen-bond acceptors (Lipinski definition) is 3. The van der Waals surface area contributed by atoms with Gasteiger partial charge in [-0.2, -0.15) is 18.3 Å². The number of carbonyl (C=O) groups excluding carboxylic acids is 1. The quantitative estimate of drug-likeness (QED) is 0.590. The molecule has 1 amide bonds. The third-order valence-electron chi connectivity index (χ3n) is 4.03. The van der Waals surface area contributed by atoms with E-state index in [1.165, 1.54) is 47.5 Å². The van der Waals surface area contributed by atoms with Crippen LogP contribution in [0.5, 0.6) is 0 Å². The zero-order valence-corrected chi connectivity index (χ0v) is 16.0. The Bertz CT molecular complexity index is 963. The third kappa shape index (κ3) is 4.01. The number of amides is 1. The second kappa shape index (κ2) is 7.36. The summed E-state index contributed by atoms with van der Waals surface area (Å²) in [5.74, 6) is -0.740. The van der Waals surface area contributed by atoms with Crippen molar-refractivity contribution in [3.8, 4) is 5.69 Å². The summed E-state index contributed by atoms with van der Waals surface area (Å²) in [6, 6.07) is 7.66. The molecule has 0 aliphatic rings. The number of alkyl halides is 3. The molecule has 0 aliphatic heterocycles. The molecule has 9 heteroatoms. The molecule has 2 aromatic heterocycles. The lowest BCUT2D eigenvalue weighted by Gasteiger charge is -2.18. The van der Waals surface area contributed by atoms with Crippen LogP contribution >= 0.6 is 22.9 Å². The van der Waals surface area contributed by atoms with Crippen molar-refractivity contribution in [2.45, 2.75) is 19.6 Å². The number of aromatic nitrogens is 2. The Morgan fingerprint density at radius 1 is 1.26 bits per heavy atom. The minimum atomic E-state index is -4.75. The van der Waals surface area contributed by atoms with Gasteiger partial charge in [-0.05, 0) is 48.2 Å². The molecule has 2 heterocycles. The first-order valence-electron chi connectivity index (χ1n) is 7.88. The zero-order valence-electron chi connectivity index (χ0n) is 14.4. The van der Waals surface area contributed by atoms with Gasteiger partial charge in [0, 0.05) is 16.9 Å². The van der Waals surface area contributed by atoms with E-state index in [1.54, 1.807) is 0 Å². The predicted octanol–water partition coefficient (Wildman–Crippen LogP) is 5.19. The van der Waals surface area contributed by atoms with Crippen LogP contribution in [0.2, 0.25) is 5.02 Å². The predicted molar refractivity (Wildman–Crippen MR) is 98.4 cm³/mol. The lowest BCUT2D eigenvalue weighted by molar-refractivity contribution is -0.143. The van der Waals surface area contributed by atoms with E-state index in [0.717, 1.165) is 16.6 Å². The molecule has 0 spiro atoms. The van der Waals surface area contributed by atoms with Gasteiger partial charge < -0.3 is 4.90 Å². The SMILES string of the molecule is Cc1ccsc1CN(C)C(=O)c1cnn(-c2ccc(Cl)cc2)c1C(F)(F)F. The van der Waals surface area contributed by atoms with Crippen LogP contribution in [0, 0.1) is 6.92 Å². The van der Waals surface area contributed by atoms with Crippen LogP contribution in [0.3, 0.4) is 0 Å². The molecule has 1 aromatic carbocycles. The maximum absolute atomic E-state index is 13.7. The highest BCUT2D eigenvalue weighted by Gasteiger charge is 2.41. The van der Waals surface area contributed by atoms with Crippen LogP contribution in [0.15, 0.2) is 41.9 Å². The van der Waals surface area contributed by atoms with E-state index in [2.05, 4.69) is 5.10 Å². The molecule has 142 valence electrons. The number of benzene rings is 1. The summed E-state index contributed by atoms with van der Waals surface area (Å²) in [5, 5.41) is 6.08. The molecule has 0 bridgehead atoms. The molecular formula is C18H15ClF3N3OS. The largest absolute Gasteiger partial charge is 0.434 e. The molecule has 4 nitrogen and oxygen atoms in total. The van der Waals surface area contributed by atoms with Gasteiger partial charge in [-0.1, -0.05) is 11.6 Å². The Hall–Kier alpha value is -2.32. The van der Waals surface area contributed by atoms with Crippen molar-refractivity contribution >= 4 is 28.8 Å². The van der Waals surface area contributed by atoms with E-state index >= 15 is 0 Å². The van der Waals surface area contributed by atoms with Crippen LogP contribution < -0.4 is 0 Å². The minimum absolute atomic E-state index is 0.169. The Labute approximate surface area is 162 Å². The summed E-state index contributed by atoms with van der Waals surface area (Å²) in [6.45, 7) is 2.12. The van der Waals surface area contributed by atoms with Gasteiger partial charge in [-0.25, -0.2) is 4.68 Å². The molecule has 0 unspecified atom stereocenters. The lowest BCUT2D eigenvalue weighted by atomic mass is 10.2. The first-order valence-corrected chi connectivity index (χ1v) is 9.14. The molecule has 0 N–H and O–H groups in total. The monoisotopic (exact) mass is 413 g/mol. The van der Waals surface area contributed by atoms with Crippen molar-refractivity contribution in [3.63, 3.8) is 0 Å². The number of rotatable bonds is 4. The van der Waals surface area contributed by atoms with E-state index in [-0.39, 0.29) is 12.2 Å². The van der Waals surface area contributed by atoms with Crippen molar-refractivity contribution in [2.24, 2.45) is 0 Å². The number of thiophene rings is 1. The van der Waals surface area contributed by atoms with E-state index in [0.29, 0.717) is 9.70 Å². The maximum Gasteiger partial charge on any atom is 0.434 e. The lowest BCUT2D eigenvalue weighted by Crippen LogP contribution is -2.28. The molecule has 0 saturated heterocycles. The Kier molecular flexibility index (Phi) is 5.30. The van der Waals surface area contributed by atoms with E-state index in [9.17, 15) is 18.0 Å². The topological polar surface area (TPSA) is 38.1 Å². The number of hydrogen-bond donors (Lipinski definition) is 0. The number of halogens is 4. The molecule has 0 radical (unpaired) electrons. The highest BCUT2D eigenvalue weighted by Crippen LogP contribution is 2.34. The Morgan fingerprint density at radius 2 is 1.93 bits per heavy atom. The fraction of sp³-hybridized carbons (Fsp3) is 0.222.